The van der Waals surface area contributed by atoms with Gasteiger partial charge in [0, 0.05) is 11.8 Å². The van der Waals surface area contributed by atoms with Crippen molar-refractivity contribution in [1.82, 2.24) is 4.90 Å². The van der Waals surface area contributed by atoms with Gasteiger partial charge in [-0.15, -0.1) is 0 Å². The van der Waals surface area contributed by atoms with E-state index in [1.165, 1.54) is 24.3 Å². The number of amides is 3. The predicted octanol–water partition coefficient (Wildman–Crippen LogP) is 2.28. The van der Waals surface area contributed by atoms with Crippen LogP contribution in [0.15, 0.2) is 36.4 Å². The fourth-order valence-corrected chi connectivity index (χ4v) is 2.67. The van der Waals surface area contributed by atoms with Gasteiger partial charge in [-0.05, 0) is 30.7 Å². The van der Waals surface area contributed by atoms with E-state index in [9.17, 15) is 28.9 Å². The monoisotopic (exact) mass is 357 g/mol. The van der Waals surface area contributed by atoms with Crippen LogP contribution in [-0.2, 0) is 4.79 Å². The van der Waals surface area contributed by atoms with E-state index in [4.69, 9.17) is 0 Å². The summed E-state index contributed by atoms with van der Waals surface area (Å²) in [6.07, 6.45) is 0. The fourth-order valence-electron chi connectivity index (χ4n) is 2.67. The molecule has 2 aromatic rings. The number of anilines is 1. The van der Waals surface area contributed by atoms with Crippen molar-refractivity contribution in [2.75, 3.05) is 11.9 Å². The summed E-state index contributed by atoms with van der Waals surface area (Å²) >= 11 is 0. The van der Waals surface area contributed by atoms with E-state index >= 15 is 0 Å². The first-order valence-corrected chi connectivity index (χ1v) is 7.49. The van der Waals surface area contributed by atoms with Crippen LogP contribution in [0.5, 0.6) is 0 Å². The Labute approximate surface area is 146 Å². The molecule has 9 heteroatoms. The van der Waals surface area contributed by atoms with Crippen molar-refractivity contribution in [1.29, 1.82) is 0 Å². The van der Waals surface area contributed by atoms with Crippen molar-refractivity contribution in [2.24, 2.45) is 0 Å². The predicted molar refractivity (Wildman–Crippen MR) is 88.2 cm³/mol. The van der Waals surface area contributed by atoms with Gasteiger partial charge in [-0.25, -0.2) is 4.39 Å². The quantitative estimate of drug-likeness (QED) is 0.513. The van der Waals surface area contributed by atoms with Gasteiger partial charge in [-0.1, -0.05) is 12.1 Å². The third kappa shape index (κ3) is 2.90. The molecule has 3 amide bonds. The molecule has 0 spiro atoms. The van der Waals surface area contributed by atoms with Crippen LogP contribution >= 0.6 is 0 Å². The molecule has 0 aromatic heterocycles. The van der Waals surface area contributed by atoms with Gasteiger partial charge in [-0.3, -0.25) is 29.4 Å². The van der Waals surface area contributed by atoms with Gasteiger partial charge in [0.05, 0.1) is 10.5 Å². The van der Waals surface area contributed by atoms with Crippen molar-refractivity contribution in [3.05, 3.63) is 69.0 Å². The Hall–Kier alpha value is -3.62. The summed E-state index contributed by atoms with van der Waals surface area (Å²) < 4.78 is 13.3. The molecule has 132 valence electrons. The molecule has 3 rings (SSSR count). The van der Waals surface area contributed by atoms with Crippen molar-refractivity contribution in [3.63, 3.8) is 0 Å². The van der Waals surface area contributed by atoms with Gasteiger partial charge in [-0.2, -0.15) is 0 Å². The minimum absolute atomic E-state index is 0.126. The molecular formula is C17H12FN3O5. The highest BCUT2D eigenvalue weighted by Gasteiger charge is 2.41. The number of imide groups is 1. The van der Waals surface area contributed by atoms with Gasteiger partial charge >= 0.3 is 0 Å². The van der Waals surface area contributed by atoms with Gasteiger partial charge < -0.3 is 5.32 Å². The van der Waals surface area contributed by atoms with Crippen molar-refractivity contribution in [2.45, 2.75) is 6.92 Å². The largest absolute Gasteiger partial charge is 0.324 e. The number of rotatable bonds is 4. The second kappa shape index (κ2) is 6.36. The molecule has 26 heavy (non-hydrogen) atoms. The number of nitro benzene ring substituents is 1. The minimum atomic E-state index is -0.914. The van der Waals surface area contributed by atoms with Crippen LogP contribution in [-0.4, -0.2) is 34.1 Å². The number of benzene rings is 2. The van der Waals surface area contributed by atoms with Gasteiger partial charge in [0.1, 0.15) is 17.9 Å². The maximum Gasteiger partial charge on any atom is 0.282 e. The number of carbonyl (C=O) groups excluding carboxylic acids is 3. The van der Waals surface area contributed by atoms with Gasteiger partial charge in [0.2, 0.25) is 5.91 Å². The molecule has 8 nitrogen and oxygen atoms in total. The zero-order chi connectivity index (χ0) is 19.0. The zero-order valence-corrected chi connectivity index (χ0v) is 13.5. The normalized spacial score (nSPS) is 12.9. The third-order valence-corrected chi connectivity index (χ3v) is 3.95. The topological polar surface area (TPSA) is 110 Å². The standard InChI is InChI=1S/C17H12FN3O5/c1-9-5-6-10(18)7-12(9)19-14(22)8-20-16(23)11-3-2-4-13(21(25)26)15(11)17(20)24/h2-7H,8H2,1H3,(H,19,22). The molecule has 1 aliphatic rings. The number of fused-ring (bicyclic) bond motifs is 1. The maximum absolute atomic E-state index is 13.3. The molecule has 0 fully saturated rings. The highest BCUT2D eigenvalue weighted by atomic mass is 19.1. The van der Waals surface area contributed by atoms with Crippen LogP contribution in [0.4, 0.5) is 15.8 Å². The molecule has 1 heterocycles. The molecular weight excluding hydrogens is 345 g/mol. The Morgan fingerprint density at radius 2 is 1.96 bits per heavy atom. The first-order chi connectivity index (χ1) is 12.3. The Morgan fingerprint density at radius 1 is 1.23 bits per heavy atom. The summed E-state index contributed by atoms with van der Waals surface area (Å²) in [5.41, 5.74) is -0.156. The number of nitro groups is 1. The lowest BCUT2D eigenvalue weighted by atomic mass is 10.1. The van der Waals surface area contributed by atoms with E-state index in [1.54, 1.807) is 6.92 Å². The first kappa shape index (κ1) is 17.2. The number of nitrogens with one attached hydrogen (secondary N) is 1. The summed E-state index contributed by atoms with van der Waals surface area (Å²) in [5, 5.41) is 13.5. The molecule has 2 aromatic carbocycles. The summed E-state index contributed by atoms with van der Waals surface area (Å²) in [6, 6.07) is 7.51. The number of aryl methyl sites for hydroxylation is 1. The lowest BCUT2D eigenvalue weighted by molar-refractivity contribution is -0.385. The minimum Gasteiger partial charge on any atom is -0.324 e. The van der Waals surface area contributed by atoms with Crippen molar-refractivity contribution in [3.8, 4) is 0 Å². The van der Waals surface area contributed by atoms with Gasteiger partial charge in [0.15, 0.2) is 0 Å². The van der Waals surface area contributed by atoms with Crippen LogP contribution in [0.3, 0.4) is 0 Å². The lowest BCUT2D eigenvalue weighted by Gasteiger charge is -2.14. The summed E-state index contributed by atoms with van der Waals surface area (Å²) in [6.45, 7) is 1.01. The molecule has 0 bridgehead atoms. The highest BCUT2D eigenvalue weighted by Crippen LogP contribution is 2.30. The van der Waals surface area contributed by atoms with Crippen molar-refractivity contribution < 1.29 is 23.7 Å². The molecule has 0 saturated carbocycles. The van der Waals surface area contributed by atoms with Crippen LogP contribution in [0.1, 0.15) is 26.3 Å². The van der Waals surface area contributed by atoms with Crippen LogP contribution in [0, 0.1) is 22.9 Å². The van der Waals surface area contributed by atoms with Gasteiger partial charge in [0.25, 0.3) is 17.5 Å². The van der Waals surface area contributed by atoms with E-state index in [-0.39, 0.29) is 16.8 Å². The average Bonchev–Trinajstić information content (AvgIpc) is 2.83. The summed E-state index contributed by atoms with van der Waals surface area (Å²) in [7, 11) is 0. The van der Waals surface area contributed by atoms with Crippen LogP contribution in [0.25, 0.3) is 0 Å². The second-order valence-corrected chi connectivity index (χ2v) is 5.66. The molecule has 0 saturated heterocycles. The Balaban J connectivity index is 1.83. The molecule has 0 aliphatic carbocycles. The maximum atomic E-state index is 13.3. The van der Waals surface area contributed by atoms with Crippen LogP contribution < -0.4 is 5.32 Å². The zero-order valence-electron chi connectivity index (χ0n) is 13.5. The number of hydrogen-bond donors (Lipinski definition) is 1. The highest BCUT2D eigenvalue weighted by molar-refractivity contribution is 6.24. The van der Waals surface area contributed by atoms with E-state index in [0.717, 1.165) is 12.1 Å². The van der Waals surface area contributed by atoms with E-state index in [2.05, 4.69) is 5.32 Å². The average molecular weight is 357 g/mol. The summed E-state index contributed by atoms with van der Waals surface area (Å²) in [4.78, 5) is 47.8. The number of hydrogen-bond acceptors (Lipinski definition) is 5. The Kier molecular flexibility index (Phi) is 4.21. The van der Waals surface area contributed by atoms with E-state index < -0.39 is 40.7 Å². The number of carbonyl (C=O) groups is 3. The van der Waals surface area contributed by atoms with E-state index in [0.29, 0.717) is 10.5 Å². The molecule has 1 N–H and O–H groups in total. The molecule has 1 aliphatic heterocycles. The van der Waals surface area contributed by atoms with Crippen LogP contribution in [0.2, 0.25) is 0 Å². The van der Waals surface area contributed by atoms with E-state index in [1.807, 2.05) is 0 Å². The number of halogens is 1. The Morgan fingerprint density at radius 3 is 2.65 bits per heavy atom. The lowest BCUT2D eigenvalue weighted by Crippen LogP contribution is -2.37. The molecule has 0 atom stereocenters. The SMILES string of the molecule is Cc1ccc(F)cc1NC(=O)CN1C(=O)c2cccc([N+](=O)[O-])c2C1=O. The molecule has 0 radical (unpaired) electrons. The second-order valence-electron chi connectivity index (χ2n) is 5.66. The Bertz CT molecular complexity index is 973. The molecule has 0 unspecified atom stereocenters. The smallest absolute Gasteiger partial charge is 0.282 e. The fraction of sp³-hybridized carbons (Fsp3) is 0.118. The third-order valence-electron chi connectivity index (χ3n) is 3.95. The number of nitrogens with zero attached hydrogens (tertiary/aromatic N) is 2. The first-order valence-electron chi connectivity index (χ1n) is 7.49. The van der Waals surface area contributed by atoms with Crippen molar-refractivity contribution >= 4 is 29.1 Å². The summed E-state index contributed by atoms with van der Waals surface area (Å²) in [5.74, 6) is -2.98.